The van der Waals surface area contributed by atoms with E-state index in [1.807, 2.05) is 0 Å². The Labute approximate surface area is 104 Å². The maximum atomic E-state index is 11.4. The van der Waals surface area contributed by atoms with E-state index < -0.39 is 5.97 Å². The third-order valence-corrected chi connectivity index (χ3v) is 2.63. The van der Waals surface area contributed by atoms with Gasteiger partial charge in [0.15, 0.2) is 0 Å². The third-order valence-electron chi connectivity index (χ3n) is 2.63. The second kappa shape index (κ2) is 5.48. The average molecular weight is 249 g/mol. The Hall–Kier alpha value is -2.11. The molecule has 1 aliphatic rings. The highest BCUT2D eigenvalue weighted by molar-refractivity contribution is 5.93. The van der Waals surface area contributed by atoms with Crippen LogP contribution in [0.25, 0.3) is 0 Å². The van der Waals surface area contributed by atoms with E-state index in [0.29, 0.717) is 24.8 Å². The molecule has 3 N–H and O–H groups in total. The van der Waals surface area contributed by atoms with Gasteiger partial charge < -0.3 is 15.7 Å². The monoisotopic (exact) mass is 249 g/mol. The van der Waals surface area contributed by atoms with E-state index in [2.05, 4.69) is 15.6 Å². The molecule has 6 nitrogen and oxygen atoms in total. The molecule has 2 rings (SSSR count). The fourth-order valence-corrected chi connectivity index (χ4v) is 1.54. The predicted octanol–water partition coefficient (Wildman–Crippen LogP) is 0.860. The first-order chi connectivity index (χ1) is 8.66. The van der Waals surface area contributed by atoms with Crippen molar-refractivity contribution in [2.75, 3.05) is 11.9 Å². The first kappa shape index (κ1) is 12.3. The molecule has 1 amide bonds. The number of pyridine rings is 1. The highest BCUT2D eigenvalue weighted by atomic mass is 16.4. The molecule has 6 heteroatoms. The van der Waals surface area contributed by atoms with Gasteiger partial charge >= 0.3 is 5.97 Å². The largest absolute Gasteiger partial charge is 0.478 e. The normalized spacial score (nSPS) is 14.0. The summed E-state index contributed by atoms with van der Waals surface area (Å²) in [5.74, 6) is -0.755. The van der Waals surface area contributed by atoms with E-state index in [-0.39, 0.29) is 11.5 Å². The zero-order valence-corrected chi connectivity index (χ0v) is 9.85. The van der Waals surface area contributed by atoms with Gasteiger partial charge in [0.2, 0.25) is 5.91 Å². The van der Waals surface area contributed by atoms with Crippen LogP contribution in [0.1, 0.15) is 29.6 Å². The van der Waals surface area contributed by atoms with Gasteiger partial charge in [-0.05, 0) is 25.0 Å². The van der Waals surface area contributed by atoms with Crippen LogP contribution in [-0.2, 0) is 4.79 Å². The summed E-state index contributed by atoms with van der Waals surface area (Å²) in [6.07, 6.45) is 3.94. The van der Waals surface area contributed by atoms with Crippen LogP contribution in [-0.4, -0.2) is 34.6 Å². The Morgan fingerprint density at radius 2 is 2.22 bits per heavy atom. The van der Waals surface area contributed by atoms with Crippen molar-refractivity contribution in [2.45, 2.75) is 25.3 Å². The van der Waals surface area contributed by atoms with Crippen LogP contribution in [0.15, 0.2) is 18.3 Å². The molecular formula is C12H15N3O3. The highest BCUT2D eigenvalue weighted by Gasteiger charge is 2.22. The maximum Gasteiger partial charge on any atom is 0.339 e. The van der Waals surface area contributed by atoms with E-state index in [9.17, 15) is 9.59 Å². The molecule has 0 aliphatic heterocycles. The van der Waals surface area contributed by atoms with E-state index in [1.54, 1.807) is 6.07 Å². The van der Waals surface area contributed by atoms with Gasteiger partial charge in [0.1, 0.15) is 11.4 Å². The summed E-state index contributed by atoms with van der Waals surface area (Å²) >= 11 is 0. The molecule has 1 saturated carbocycles. The van der Waals surface area contributed by atoms with Crippen LogP contribution in [0.5, 0.6) is 0 Å². The molecule has 0 unspecified atom stereocenters. The number of carbonyl (C=O) groups is 2. The van der Waals surface area contributed by atoms with E-state index >= 15 is 0 Å². The van der Waals surface area contributed by atoms with Crippen molar-refractivity contribution in [3.63, 3.8) is 0 Å². The number of aromatic nitrogens is 1. The van der Waals surface area contributed by atoms with Crippen molar-refractivity contribution in [2.24, 2.45) is 0 Å². The molecule has 0 atom stereocenters. The quantitative estimate of drug-likeness (QED) is 0.695. The molecule has 96 valence electrons. The lowest BCUT2D eigenvalue weighted by molar-refractivity contribution is -0.120. The maximum absolute atomic E-state index is 11.4. The summed E-state index contributed by atoms with van der Waals surface area (Å²) < 4.78 is 0. The minimum Gasteiger partial charge on any atom is -0.478 e. The minimum atomic E-state index is -1.03. The summed E-state index contributed by atoms with van der Waals surface area (Å²) in [6.45, 7) is 0.371. The predicted molar refractivity (Wildman–Crippen MR) is 65.5 cm³/mol. The lowest BCUT2D eigenvalue weighted by atomic mass is 10.2. The molecule has 1 aromatic rings. The number of aromatic carboxylic acids is 1. The smallest absolute Gasteiger partial charge is 0.339 e. The molecule has 0 radical (unpaired) electrons. The van der Waals surface area contributed by atoms with Crippen LogP contribution in [0.3, 0.4) is 0 Å². The van der Waals surface area contributed by atoms with Crippen LogP contribution >= 0.6 is 0 Å². The average Bonchev–Trinajstić information content (AvgIpc) is 3.13. The molecule has 1 fully saturated rings. The van der Waals surface area contributed by atoms with Gasteiger partial charge in [0, 0.05) is 25.2 Å². The molecule has 0 spiro atoms. The Morgan fingerprint density at radius 3 is 2.89 bits per heavy atom. The second-order valence-electron chi connectivity index (χ2n) is 4.22. The molecule has 0 saturated heterocycles. The molecule has 1 aliphatic carbocycles. The Morgan fingerprint density at radius 1 is 1.44 bits per heavy atom. The lowest BCUT2D eigenvalue weighted by Gasteiger charge is -2.08. The fourth-order valence-electron chi connectivity index (χ4n) is 1.54. The van der Waals surface area contributed by atoms with Crippen molar-refractivity contribution in [1.29, 1.82) is 0 Å². The van der Waals surface area contributed by atoms with E-state index in [0.717, 1.165) is 12.8 Å². The van der Waals surface area contributed by atoms with Gasteiger partial charge in [-0.1, -0.05) is 0 Å². The summed E-state index contributed by atoms with van der Waals surface area (Å²) in [7, 11) is 0. The van der Waals surface area contributed by atoms with Gasteiger partial charge in [0.05, 0.1) is 0 Å². The number of carbonyl (C=O) groups excluding carboxylic acids is 1. The van der Waals surface area contributed by atoms with Gasteiger partial charge in [-0.2, -0.15) is 0 Å². The highest BCUT2D eigenvalue weighted by Crippen LogP contribution is 2.18. The molecular weight excluding hydrogens is 234 g/mol. The standard InChI is InChI=1S/C12H15N3O3/c16-10(15-8-3-4-8)5-7-14-11-9(12(17)18)2-1-6-13-11/h1-2,6,8H,3-5,7H2,(H,13,14)(H,15,16)(H,17,18). The van der Waals surface area contributed by atoms with Crippen LogP contribution in [0.4, 0.5) is 5.82 Å². The Balaban J connectivity index is 1.82. The topological polar surface area (TPSA) is 91.3 Å². The summed E-state index contributed by atoms with van der Waals surface area (Å²) in [5.41, 5.74) is 0.111. The van der Waals surface area contributed by atoms with E-state index in [1.165, 1.54) is 12.3 Å². The zero-order chi connectivity index (χ0) is 13.0. The van der Waals surface area contributed by atoms with Crippen molar-refractivity contribution in [1.82, 2.24) is 10.3 Å². The number of amides is 1. The van der Waals surface area contributed by atoms with Crippen molar-refractivity contribution in [3.8, 4) is 0 Å². The van der Waals surface area contributed by atoms with Crippen LogP contribution in [0, 0.1) is 0 Å². The lowest BCUT2D eigenvalue weighted by Crippen LogP contribution is -2.27. The van der Waals surface area contributed by atoms with Gasteiger partial charge in [-0.3, -0.25) is 4.79 Å². The van der Waals surface area contributed by atoms with Gasteiger partial charge in [-0.25, -0.2) is 9.78 Å². The fraction of sp³-hybridized carbons (Fsp3) is 0.417. The number of hydrogen-bond donors (Lipinski definition) is 3. The number of anilines is 1. The minimum absolute atomic E-state index is 0.0159. The van der Waals surface area contributed by atoms with Gasteiger partial charge in [0.25, 0.3) is 0 Å². The second-order valence-corrected chi connectivity index (χ2v) is 4.22. The van der Waals surface area contributed by atoms with Gasteiger partial charge in [-0.15, -0.1) is 0 Å². The summed E-state index contributed by atoms with van der Waals surface area (Å²) in [6, 6.07) is 3.39. The third kappa shape index (κ3) is 3.44. The summed E-state index contributed by atoms with van der Waals surface area (Å²) in [4.78, 5) is 26.3. The number of nitrogens with one attached hydrogen (secondary N) is 2. The Kier molecular flexibility index (Phi) is 3.76. The number of nitrogens with zero attached hydrogens (tertiary/aromatic N) is 1. The first-order valence-electron chi connectivity index (χ1n) is 5.88. The van der Waals surface area contributed by atoms with E-state index in [4.69, 9.17) is 5.11 Å². The SMILES string of the molecule is O=C(CCNc1ncccc1C(=O)O)NC1CC1. The number of hydrogen-bond acceptors (Lipinski definition) is 4. The summed E-state index contributed by atoms with van der Waals surface area (Å²) in [5, 5.41) is 14.7. The molecule has 18 heavy (non-hydrogen) atoms. The van der Waals surface area contributed by atoms with Crippen molar-refractivity contribution < 1.29 is 14.7 Å². The molecule has 0 aromatic carbocycles. The number of carboxylic acids is 1. The number of carboxylic acid groups (broad SMARTS) is 1. The molecule has 0 bridgehead atoms. The Bertz CT molecular complexity index is 458. The van der Waals surface area contributed by atoms with Crippen LogP contribution < -0.4 is 10.6 Å². The number of rotatable bonds is 6. The zero-order valence-electron chi connectivity index (χ0n) is 9.85. The van der Waals surface area contributed by atoms with Crippen molar-refractivity contribution in [3.05, 3.63) is 23.9 Å². The van der Waals surface area contributed by atoms with Crippen LogP contribution in [0.2, 0.25) is 0 Å². The molecule has 1 heterocycles. The molecule has 1 aromatic heterocycles. The van der Waals surface area contributed by atoms with Crippen molar-refractivity contribution >= 4 is 17.7 Å². The first-order valence-corrected chi connectivity index (χ1v) is 5.88.